The number of aliphatic hydroxyl groups is 1. The topological polar surface area (TPSA) is 102 Å². The van der Waals surface area contributed by atoms with Crippen molar-refractivity contribution in [3.63, 3.8) is 0 Å². The molecule has 0 saturated heterocycles. The van der Waals surface area contributed by atoms with Crippen molar-refractivity contribution in [1.82, 2.24) is 20.4 Å². The number of aliphatic hydroxyl groups excluding tert-OH is 1. The van der Waals surface area contributed by atoms with Crippen molar-refractivity contribution >= 4 is 12.4 Å². The molecule has 0 aliphatic rings. The molecule has 2 heterocycles. The minimum absolute atomic E-state index is 0.294. The second-order valence-electron chi connectivity index (χ2n) is 4.59. The van der Waals surface area contributed by atoms with E-state index in [1.807, 2.05) is 26.0 Å². The molecule has 0 radical (unpaired) electrons. The van der Waals surface area contributed by atoms with Crippen LogP contribution in [-0.4, -0.2) is 57.1 Å². The van der Waals surface area contributed by atoms with Crippen molar-refractivity contribution in [1.29, 1.82) is 0 Å². The van der Waals surface area contributed by atoms with E-state index in [-0.39, 0.29) is 0 Å². The highest BCUT2D eigenvalue weighted by Gasteiger charge is 2.01. The van der Waals surface area contributed by atoms with Crippen molar-refractivity contribution in [2.75, 3.05) is 13.1 Å². The lowest BCUT2D eigenvalue weighted by molar-refractivity contribution is 0.193. The fourth-order valence-electron chi connectivity index (χ4n) is 1.60. The van der Waals surface area contributed by atoms with Crippen LogP contribution in [0.2, 0.25) is 0 Å². The Morgan fingerprint density at radius 2 is 1.50 bits per heavy atom. The van der Waals surface area contributed by atoms with Crippen molar-refractivity contribution in [2.45, 2.75) is 20.0 Å². The maximum Gasteiger partial charge on any atom is 0.103 e. The van der Waals surface area contributed by atoms with Gasteiger partial charge < -0.3 is 5.11 Å². The van der Waals surface area contributed by atoms with Gasteiger partial charge in [0.15, 0.2) is 0 Å². The van der Waals surface area contributed by atoms with Gasteiger partial charge >= 0.3 is 0 Å². The molecule has 0 amide bonds. The zero-order valence-electron chi connectivity index (χ0n) is 11.5. The van der Waals surface area contributed by atoms with Crippen LogP contribution in [0, 0.1) is 13.8 Å². The standard InChI is InChI=1S/C13H18N6O/c1-9-3-11(18-16-9)5-14-7-13(20)8-15-6-12-4-10(2)17-19-12/h3-6,13,20H,7-8H2,1-2H3,(H,16,18)(H,17,19). The van der Waals surface area contributed by atoms with Crippen LogP contribution in [0.3, 0.4) is 0 Å². The predicted octanol–water partition coefficient (Wildman–Crippen LogP) is 0.649. The summed E-state index contributed by atoms with van der Waals surface area (Å²) < 4.78 is 0. The van der Waals surface area contributed by atoms with E-state index < -0.39 is 6.10 Å². The van der Waals surface area contributed by atoms with Crippen LogP contribution in [0.25, 0.3) is 0 Å². The minimum Gasteiger partial charge on any atom is -0.389 e. The molecule has 0 bridgehead atoms. The average Bonchev–Trinajstić information content (AvgIpc) is 2.99. The first kappa shape index (κ1) is 14.1. The third-order valence-electron chi connectivity index (χ3n) is 2.53. The summed E-state index contributed by atoms with van der Waals surface area (Å²) in [6.45, 7) is 4.43. The second kappa shape index (κ2) is 6.76. The molecule has 2 aromatic heterocycles. The van der Waals surface area contributed by atoms with Gasteiger partial charge in [-0.2, -0.15) is 10.2 Å². The van der Waals surface area contributed by atoms with E-state index in [9.17, 15) is 5.11 Å². The van der Waals surface area contributed by atoms with Crippen LogP contribution < -0.4 is 0 Å². The smallest absolute Gasteiger partial charge is 0.103 e. The quantitative estimate of drug-likeness (QED) is 0.674. The molecule has 3 N–H and O–H groups in total. The first-order chi connectivity index (χ1) is 9.63. The number of nitrogens with one attached hydrogen (secondary N) is 2. The predicted molar refractivity (Wildman–Crippen MR) is 77.6 cm³/mol. The van der Waals surface area contributed by atoms with E-state index in [0.717, 1.165) is 22.8 Å². The zero-order chi connectivity index (χ0) is 14.4. The third kappa shape index (κ3) is 4.43. The van der Waals surface area contributed by atoms with E-state index in [1.54, 1.807) is 12.4 Å². The number of nitrogens with zero attached hydrogens (tertiary/aromatic N) is 4. The third-order valence-corrected chi connectivity index (χ3v) is 2.53. The van der Waals surface area contributed by atoms with Gasteiger partial charge in [-0.1, -0.05) is 0 Å². The molecular formula is C13H18N6O. The number of aromatic nitrogens is 4. The lowest BCUT2D eigenvalue weighted by Crippen LogP contribution is -2.15. The number of hydrogen-bond donors (Lipinski definition) is 3. The molecule has 0 atom stereocenters. The summed E-state index contributed by atoms with van der Waals surface area (Å²) in [5.74, 6) is 0. The van der Waals surface area contributed by atoms with Gasteiger partial charge in [-0.25, -0.2) is 0 Å². The van der Waals surface area contributed by atoms with Gasteiger partial charge in [0, 0.05) is 23.8 Å². The Morgan fingerprint density at radius 3 is 1.85 bits per heavy atom. The van der Waals surface area contributed by atoms with Gasteiger partial charge in [0.1, 0.15) is 11.4 Å². The molecular weight excluding hydrogens is 256 g/mol. The number of rotatable bonds is 6. The van der Waals surface area contributed by atoms with Crippen LogP contribution in [0.15, 0.2) is 22.1 Å². The summed E-state index contributed by atoms with van der Waals surface area (Å²) in [6, 6.07) is 3.77. The molecule has 0 aliphatic carbocycles. The molecule has 2 aromatic rings. The van der Waals surface area contributed by atoms with Crippen molar-refractivity contribution in [3.05, 3.63) is 34.9 Å². The second-order valence-corrected chi connectivity index (χ2v) is 4.59. The maximum atomic E-state index is 9.73. The highest BCUT2D eigenvalue weighted by Crippen LogP contribution is 1.96. The summed E-state index contributed by atoms with van der Waals surface area (Å²) in [7, 11) is 0. The normalized spacial score (nSPS) is 13.6. The average molecular weight is 274 g/mol. The van der Waals surface area contributed by atoms with Crippen LogP contribution in [0.5, 0.6) is 0 Å². The van der Waals surface area contributed by atoms with Gasteiger partial charge in [-0.05, 0) is 26.0 Å². The van der Waals surface area contributed by atoms with Gasteiger partial charge in [-0.15, -0.1) is 0 Å². The molecule has 0 spiro atoms. The SMILES string of the molecule is Cc1cc(C=NCC(O)CN=Cc2cc(C)[nH]n2)n[nH]1. The molecule has 20 heavy (non-hydrogen) atoms. The molecule has 7 nitrogen and oxygen atoms in total. The maximum absolute atomic E-state index is 9.73. The summed E-state index contributed by atoms with van der Waals surface area (Å²) >= 11 is 0. The lowest BCUT2D eigenvalue weighted by atomic mass is 10.3. The summed E-state index contributed by atoms with van der Waals surface area (Å²) in [4.78, 5) is 8.26. The van der Waals surface area contributed by atoms with E-state index in [2.05, 4.69) is 30.4 Å². The molecule has 0 fully saturated rings. The fraction of sp³-hybridized carbons (Fsp3) is 0.385. The van der Waals surface area contributed by atoms with Gasteiger partial charge in [0.25, 0.3) is 0 Å². The lowest BCUT2D eigenvalue weighted by Gasteiger charge is -2.01. The van der Waals surface area contributed by atoms with E-state index in [1.165, 1.54) is 0 Å². The molecule has 0 aliphatic heterocycles. The van der Waals surface area contributed by atoms with E-state index >= 15 is 0 Å². The van der Waals surface area contributed by atoms with Crippen LogP contribution in [0.4, 0.5) is 0 Å². The Hall–Kier alpha value is -2.28. The highest BCUT2D eigenvalue weighted by atomic mass is 16.3. The Morgan fingerprint density at radius 1 is 1.05 bits per heavy atom. The van der Waals surface area contributed by atoms with Crippen LogP contribution in [0.1, 0.15) is 22.8 Å². The number of aryl methyl sites for hydroxylation is 2. The molecule has 2 rings (SSSR count). The molecule has 0 saturated carbocycles. The molecule has 0 aromatic carbocycles. The van der Waals surface area contributed by atoms with Gasteiger partial charge in [0.2, 0.25) is 0 Å². The summed E-state index contributed by atoms with van der Waals surface area (Å²) in [5, 5.41) is 23.4. The van der Waals surface area contributed by atoms with Gasteiger partial charge in [-0.3, -0.25) is 20.2 Å². The van der Waals surface area contributed by atoms with Crippen molar-refractivity contribution in [3.8, 4) is 0 Å². The summed E-state index contributed by atoms with van der Waals surface area (Å²) in [5.41, 5.74) is 3.46. The Kier molecular flexibility index (Phi) is 4.78. The first-order valence-corrected chi connectivity index (χ1v) is 6.35. The van der Waals surface area contributed by atoms with E-state index in [0.29, 0.717) is 13.1 Å². The molecule has 7 heteroatoms. The minimum atomic E-state index is -0.609. The molecule has 0 unspecified atom stereocenters. The Balaban J connectivity index is 1.74. The largest absolute Gasteiger partial charge is 0.389 e. The van der Waals surface area contributed by atoms with Crippen molar-refractivity contribution in [2.24, 2.45) is 9.98 Å². The highest BCUT2D eigenvalue weighted by molar-refractivity contribution is 5.77. The van der Waals surface area contributed by atoms with Crippen LogP contribution in [-0.2, 0) is 0 Å². The number of aliphatic imine (C=N–C) groups is 2. The number of aromatic amines is 2. The summed E-state index contributed by atoms with van der Waals surface area (Å²) in [6.07, 6.45) is 2.66. The Labute approximate surface area is 116 Å². The Bertz CT molecular complexity index is 545. The van der Waals surface area contributed by atoms with Crippen molar-refractivity contribution < 1.29 is 5.11 Å². The molecule has 106 valence electrons. The number of hydrogen-bond acceptors (Lipinski definition) is 5. The zero-order valence-corrected chi connectivity index (χ0v) is 11.5. The first-order valence-electron chi connectivity index (χ1n) is 6.35. The fourth-order valence-corrected chi connectivity index (χ4v) is 1.60. The van der Waals surface area contributed by atoms with Crippen LogP contribution >= 0.6 is 0 Å². The monoisotopic (exact) mass is 274 g/mol. The number of H-pyrrole nitrogens is 2. The van der Waals surface area contributed by atoms with E-state index in [4.69, 9.17) is 0 Å². The van der Waals surface area contributed by atoms with Gasteiger partial charge in [0.05, 0.1) is 19.2 Å².